The van der Waals surface area contributed by atoms with E-state index in [0.717, 1.165) is 25.2 Å². The maximum atomic E-state index is 12.5. The molecule has 0 aliphatic heterocycles. The first-order chi connectivity index (χ1) is 12.0. The van der Waals surface area contributed by atoms with Gasteiger partial charge in [-0.25, -0.2) is 0 Å². The first-order valence-electron chi connectivity index (χ1n) is 8.57. The van der Waals surface area contributed by atoms with Crippen LogP contribution in [0.2, 0.25) is 0 Å². The Morgan fingerprint density at radius 2 is 1.92 bits per heavy atom. The third kappa shape index (κ3) is 5.14. The van der Waals surface area contributed by atoms with Gasteiger partial charge in [-0.05, 0) is 37.6 Å². The van der Waals surface area contributed by atoms with Gasteiger partial charge < -0.3 is 14.8 Å². The molecule has 25 heavy (non-hydrogen) atoms. The van der Waals surface area contributed by atoms with E-state index in [1.54, 1.807) is 42.5 Å². The Balaban J connectivity index is 1.96. The summed E-state index contributed by atoms with van der Waals surface area (Å²) >= 11 is 0. The number of rotatable bonds is 8. The summed E-state index contributed by atoms with van der Waals surface area (Å²) in [4.78, 5) is 25.9. The molecule has 7 nitrogen and oxygen atoms in total. The molecule has 1 heterocycles. The van der Waals surface area contributed by atoms with Crippen molar-refractivity contribution in [2.75, 3.05) is 12.4 Å². The molecule has 1 N–H and O–H groups in total. The summed E-state index contributed by atoms with van der Waals surface area (Å²) in [5.74, 6) is 0.643. The number of nitrogens with zero attached hydrogens (tertiary/aromatic N) is 4. The SMILES string of the molecule is CCCCC(=O)Nc1ccc(C(=O)N(C)Cc2nncn2CC)cc1. The molecule has 0 atom stereocenters. The molecule has 1 aromatic carbocycles. The van der Waals surface area contributed by atoms with Crippen LogP contribution in [0.15, 0.2) is 30.6 Å². The van der Waals surface area contributed by atoms with Gasteiger partial charge in [0, 0.05) is 31.3 Å². The maximum absolute atomic E-state index is 12.5. The maximum Gasteiger partial charge on any atom is 0.254 e. The van der Waals surface area contributed by atoms with Crippen LogP contribution in [0.3, 0.4) is 0 Å². The highest BCUT2D eigenvalue weighted by Crippen LogP contribution is 2.13. The van der Waals surface area contributed by atoms with Gasteiger partial charge in [0.15, 0.2) is 5.82 Å². The molecule has 7 heteroatoms. The van der Waals surface area contributed by atoms with Gasteiger partial charge in [0.1, 0.15) is 6.33 Å². The Hall–Kier alpha value is -2.70. The van der Waals surface area contributed by atoms with Crippen LogP contribution in [-0.2, 0) is 17.9 Å². The van der Waals surface area contributed by atoms with E-state index in [9.17, 15) is 9.59 Å². The number of aryl methyl sites for hydroxylation is 1. The predicted molar refractivity (Wildman–Crippen MR) is 96.1 cm³/mol. The van der Waals surface area contributed by atoms with Gasteiger partial charge in [0.2, 0.25) is 5.91 Å². The Bertz CT molecular complexity index is 709. The normalized spacial score (nSPS) is 10.5. The largest absolute Gasteiger partial charge is 0.334 e. The number of carbonyl (C=O) groups is 2. The second-order valence-electron chi connectivity index (χ2n) is 5.92. The molecule has 0 aliphatic carbocycles. The highest BCUT2D eigenvalue weighted by atomic mass is 16.2. The van der Waals surface area contributed by atoms with Crippen molar-refractivity contribution < 1.29 is 9.59 Å². The highest BCUT2D eigenvalue weighted by molar-refractivity contribution is 5.95. The van der Waals surface area contributed by atoms with Crippen molar-refractivity contribution in [2.45, 2.75) is 46.2 Å². The minimum Gasteiger partial charge on any atom is -0.334 e. The van der Waals surface area contributed by atoms with E-state index in [1.807, 2.05) is 18.4 Å². The minimum atomic E-state index is -0.102. The second-order valence-corrected chi connectivity index (χ2v) is 5.92. The van der Waals surface area contributed by atoms with E-state index in [-0.39, 0.29) is 11.8 Å². The first kappa shape index (κ1) is 18.6. The molecular formula is C18H25N5O2. The average Bonchev–Trinajstić information content (AvgIpc) is 3.07. The van der Waals surface area contributed by atoms with Crippen LogP contribution in [-0.4, -0.2) is 38.5 Å². The van der Waals surface area contributed by atoms with Gasteiger partial charge in [0.05, 0.1) is 6.54 Å². The molecule has 0 saturated carbocycles. The van der Waals surface area contributed by atoms with E-state index >= 15 is 0 Å². The summed E-state index contributed by atoms with van der Waals surface area (Å²) < 4.78 is 1.90. The lowest BCUT2D eigenvalue weighted by molar-refractivity contribution is -0.116. The predicted octanol–water partition coefficient (Wildman–Crippen LogP) is 2.70. The van der Waals surface area contributed by atoms with Crippen molar-refractivity contribution in [1.82, 2.24) is 19.7 Å². The number of hydrogen-bond acceptors (Lipinski definition) is 4. The molecular weight excluding hydrogens is 318 g/mol. The molecule has 0 unspecified atom stereocenters. The fraction of sp³-hybridized carbons (Fsp3) is 0.444. The summed E-state index contributed by atoms with van der Waals surface area (Å²) in [6.07, 6.45) is 4.02. The van der Waals surface area contributed by atoms with Gasteiger partial charge in [-0.3, -0.25) is 9.59 Å². The van der Waals surface area contributed by atoms with Crippen LogP contribution in [0, 0.1) is 0 Å². The lowest BCUT2D eigenvalue weighted by atomic mass is 10.1. The number of unbranched alkanes of at least 4 members (excludes halogenated alkanes) is 1. The zero-order chi connectivity index (χ0) is 18.2. The van der Waals surface area contributed by atoms with Gasteiger partial charge in [-0.1, -0.05) is 13.3 Å². The van der Waals surface area contributed by atoms with Crippen molar-refractivity contribution in [2.24, 2.45) is 0 Å². The number of benzene rings is 1. The molecule has 0 spiro atoms. The smallest absolute Gasteiger partial charge is 0.254 e. The summed E-state index contributed by atoms with van der Waals surface area (Å²) in [6, 6.07) is 6.94. The zero-order valence-electron chi connectivity index (χ0n) is 15.0. The van der Waals surface area contributed by atoms with Crippen LogP contribution < -0.4 is 5.32 Å². The molecule has 2 rings (SSSR count). The average molecular weight is 343 g/mol. The fourth-order valence-corrected chi connectivity index (χ4v) is 2.43. The third-order valence-corrected chi connectivity index (χ3v) is 3.93. The van der Waals surface area contributed by atoms with Crippen LogP contribution in [0.1, 0.15) is 49.3 Å². The Morgan fingerprint density at radius 1 is 1.20 bits per heavy atom. The van der Waals surface area contributed by atoms with Crippen LogP contribution in [0.4, 0.5) is 5.69 Å². The quantitative estimate of drug-likeness (QED) is 0.799. The highest BCUT2D eigenvalue weighted by Gasteiger charge is 2.15. The summed E-state index contributed by atoms with van der Waals surface area (Å²) in [5.41, 5.74) is 1.27. The molecule has 2 amide bonds. The van der Waals surface area contributed by atoms with Gasteiger partial charge in [0.25, 0.3) is 5.91 Å². The van der Waals surface area contributed by atoms with Gasteiger partial charge >= 0.3 is 0 Å². The summed E-state index contributed by atoms with van der Waals surface area (Å²) in [6.45, 7) is 5.20. The molecule has 1 aromatic heterocycles. The molecule has 0 fully saturated rings. The minimum absolute atomic E-state index is 0.00283. The standard InChI is InChI=1S/C18H25N5O2/c1-4-6-7-17(24)20-15-10-8-14(9-11-15)18(25)22(3)12-16-21-19-13-23(16)5-2/h8-11,13H,4-7,12H2,1-3H3,(H,20,24). The Labute approximate surface area is 148 Å². The number of hydrogen-bond donors (Lipinski definition) is 1. The number of anilines is 1. The van der Waals surface area contributed by atoms with Crippen molar-refractivity contribution in [3.63, 3.8) is 0 Å². The zero-order valence-corrected chi connectivity index (χ0v) is 15.0. The lowest BCUT2D eigenvalue weighted by Crippen LogP contribution is -2.27. The number of carbonyl (C=O) groups excluding carboxylic acids is 2. The summed E-state index contributed by atoms with van der Waals surface area (Å²) in [7, 11) is 1.73. The Kier molecular flexibility index (Phi) is 6.68. The van der Waals surface area contributed by atoms with Gasteiger partial charge in [-0.2, -0.15) is 0 Å². The van der Waals surface area contributed by atoms with E-state index < -0.39 is 0 Å². The molecule has 0 aliphatic rings. The number of nitrogens with one attached hydrogen (secondary N) is 1. The second kappa shape index (κ2) is 8.96. The molecule has 0 bridgehead atoms. The third-order valence-electron chi connectivity index (χ3n) is 3.93. The van der Waals surface area contributed by atoms with Crippen molar-refractivity contribution in [1.29, 1.82) is 0 Å². The fourth-order valence-electron chi connectivity index (χ4n) is 2.43. The topological polar surface area (TPSA) is 80.1 Å². The van der Waals surface area contributed by atoms with Crippen LogP contribution >= 0.6 is 0 Å². The molecule has 0 saturated heterocycles. The first-order valence-corrected chi connectivity index (χ1v) is 8.57. The van der Waals surface area contributed by atoms with Crippen molar-refractivity contribution in [3.8, 4) is 0 Å². The van der Waals surface area contributed by atoms with Crippen molar-refractivity contribution in [3.05, 3.63) is 42.0 Å². The molecule has 134 valence electrons. The van der Waals surface area contributed by atoms with E-state index in [2.05, 4.69) is 15.5 Å². The molecule has 2 aromatic rings. The van der Waals surface area contributed by atoms with E-state index in [0.29, 0.717) is 24.2 Å². The summed E-state index contributed by atoms with van der Waals surface area (Å²) in [5, 5.41) is 10.8. The lowest BCUT2D eigenvalue weighted by Gasteiger charge is -2.17. The van der Waals surface area contributed by atoms with Crippen LogP contribution in [0.25, 0.3) is 0 Å². The Morgan fingerprint density at radius 3 is 2.56 bits per heavy atom. The van der Waals surface area contributed by atoms with E-state index in [1.165, 1.54) is 0 Å². The van der Waals surface area contributed by atoms with Crippen molar-refractivity contribution >= 4 is 17.5 Å². The number of amides is 2. The van der Waals surface area contributed by atoms with E-state index in [4.69, 9.17) is 0 Å². The van der Waals surface area contributed by atoms with Crippen LogP contribution in [0.5, 0.6) is 0 Å². The molecule has 0 radical (unpaired) electrons. The van der Waals surface area contributed by atoms with Gasteiger partial charge in [-0.15, -0.1) is 10.2 Å². The monoisotopic (exact) mass is 343 g/mol. The number of aromatic nitrogens is 3.